The Balaban J connectivity index is 2.77. The van der Waals surface area contributed by atoms with Crippen molar-refractivity contribution in [2.24, 2.45) is 0 Å². The topological polar surface area (TPSA) is 87.9 Å². The maximum Gasteiger partial charge on any atom is 0.576 e. The zero-order valence-electron chi connectivity index (χ0n) is 7.11. The van der Waals surface area contributed by atoms with Crippen molar-refractivity contribution in [2.75, 3.05) is 0 Å². The minimum atomic E-state index is -4.41. The number of hydrogen-bond donors (Lipinski definition) is 0. The monoisotopic (exact) mass is 253 g/mol. The molecule has 7 nitrogen and oxygen atoms in total. The van der Waals surface area contributed by atoms with E-state index in [1.165, 1.54) is 12.1 Å². The molecule has 0 aliphatic heterocycles. The number of phosphoric acid groups is 1. The van der Waals surface area contributed by atoms with Gasteiger partial charge in [0.25, 0.3) is 0 Å². The van der Waals surface area contributed by atoms with Crippen LogP contribution in [0.3, 0.4) is 0 Å². The summed E-state index contributed by atoms with van der Waals surface area (Å²) in [7, 11) is -4.41. The highest BCUT2D eigenvalue weighted by molar-refractivity contribution is 7.49. The smallest absolute Gasteiger partial charge is 0.405 e. The first kappa shape index (κ1) is 11.8. The molecule has 15 heavy (non-hydrogen) atoms. The Labute approximate surface area is 89.4 Å². The summed E-state index contributed by atoms with van der Waals surface area (Å²) < 4.78 is 23.4. The van der Waals surface area contributed by atoms with E-state index in [4.69, 9.17) is 11.9 Å². The van der Waals surface area contributed by atoms with Gasteiger partial charge in [-0.1, -0.05) is 18.2 Å². The van der Waals surface area contributed by atoms with E-state index in [0.29, 0.717) is 0 Å². The molecule has 0 aliphatic rings. The molecule has 0 bridgehead atoms. The van der Waals surface area contributed by atoms with Crippen LogP contribution < -0.4 is 4.52 Å². The fourth-order valence-corrected chi connectivity index (χ4v) is 1.53. The summed E-state index contributed by atoms with van der Waals surface area (Å²) in [5.41, 5.74) is 0. The van der Waals surface area contributed by atoms with Gasteiger partial charge in [-0.15, -0.1) is 10.1 Å². The summed E-state index contributed by atoms with van der Waals surface area (Å²) in [5.74, 6) is 0.0725. The molecular weight excluding hydrogens is 248 g/mol. The molecule has 82 valence electrons. The first-order valence-electron chi connectivity index (χ1n) is 3.55. The maximum absolute atomic E-state index is 11.3. The van der Waals surface area contributed by atoms with Crippen molar-refractivity contribution in [1.82, 2.24) is 0 Å². The Morgan fingerprint density at radius 3 is 2.40 bits per heavy atom. The van der Waals surface area contributed by atoms with Crippen molar-refractivity contribution < 1.29 is 22.9 Å². The van der Waals surface area contributed by atoms with E-state index in [0.717, 1.165) is 0 Å². The highest BCUT2D eigenvalue weighted by Gasteiger charge is 2.32. The number of hydrogen-bond acceptors (Lipinski definition) is 6. The van der Waals surface area contributed by atoms with Crippen LogP contribution >= 0.6 is 19.7 Å². The van der Waals surface area contributed by atoms with Crippen LogP contribution in [0.25, 0.3) is 0 Å². The zero-order valence-corrected chi connectivity index (χ0v) is 8.76. The molecule has 0 aliphatic carbocycles. The SMILES string of the molecule is O=[N+]([O-])OP(=O)(OCl)Oc1ccccc1. The van der Waals surface area contributed by atoms with Gasteiger partial charge in [-0.2, -0.15) is 8.70 Å². The fourth-order valence-electron chi connectivity index (χ4n) is 0.735. The summed E-state index contributed by atoms with van der Waals surface area (Å²) in [6, 6.07) is 7.63. The molecule has 0 heterocycles. The minimum absolute atomic E-state index is 0.0725. The Bertz CT molecular complexity index is 384. The van der Waals surface area contributed by atoms with Gasteiger partial charge < -0.3 is 4.52 Å². The predicted octanol–water partition coefficient (Wildman–Crippen LogP) is 2.55. The van der Waals surface area contributed by atoms with E-state index in [2.05, 4.69) is 13.2 Å². The number of para-hydroxylation sites is 1. The third kappa shape index (κ3) is 3.75. The number of halogens is 1. The average Bonchev–Trinajstić information content (AvgIpc) is 2.18. The molecule has 0 spiro atoms. The predicted molar refractivity (Wildman–Crippen MR) is 49.7 cm³/mol. The standard InChI is InChI=1S/C6H5ClNO6P/c7-13-15(11,14-8(9)10)12-6-4-2-1-3-5-6/h1-5H. The molecule has 1 unspecified atom stereocenters. The van der Waals surface area contributed by atoms with Crippen LogP contribution in [-0.4, -0.2) is 5.09 Å². The second kappa shape index (κ2) is 4.97. The van der Waals surface area contributed by atoms with Crippen LogP contribution in [0.2, 0.25) is 0 Å². The summed E-state index contributed by atoms with van der Waals surface area (Å²) in [4.78, 5) is 9.96. The van der Waals surface area contributed by atoms with Crippen molar-refractivity contribution in [2.45, 2.75) is 0 Å². The Hall–Kier alpha value is -1.30. The van der Waals surface area contributed by atoms with Gasteiger partial charge in [0.15, 0.2) is 0 Å². The lowest BCUT2D eigenvalue weighted by molar-refractivity contribution is -0.717. The van der Waals surface area contributed by atoms with Crippen LogP contribution in [0.15, 0.2) is 30.3 Å². The molecular formula is C6H5ClNO6P. The third-order valence-corrected chi connectivity index (χ3v) is 2.66. The van der Waals surface area contributed by atoms with E-state index in [9.17, 15) is 14.7 Å². The summed E-state index contributed by atoms with van der Waals surface area (Å²) in [5, 5.41) is 8.64. The number of nitrogens with zero attached hydrogens (tertiary/aromatic N) is 1. The van der Waals surface area contributed by atoms with Gasteiger partial charge in [-0.3, -0.25) is 0 Å². The number of rotatable bonds is 5. The molecule has 1 aromatic rings. The Morgan fingerprint density at radius 2 is 1.93 bits per heavy atom. The highest BCUT2D eigenvalue weighted by Crippen LogP contribution is 2.50. The number of benzene rings is 1. The zero-order chi connectivity index (χ0) is 11.3. The van der Waals surface area contributed by atoms with Gasteiger partial charge in [0.1, 0.15) is 5.75 Å². The second-order valence-corrected chi connectivity index (χ2v) is 4.02. The van der Waals surface area contributed by atoms with Gasteiger partial charge in [0.2, 0.25) is 0 Å². The molecule has 0 aromatic heterocycles. The second-order valence-electron chi connectivity index (χ2n) is 2.23. The molecule has 9 heteroatoms. The fraction of sp³-hybridized carbons (Fsp3) is 0. The van der Waals surface area contributed by atoms with Crippen molar-refractivity contribution in [3.05, 3.63) is 40.4 Å². The highest BCUT2D eigenvalue weighted by atomic mass is 35.5. The van der Waals surface area contributed by atoms with Gasteiger partial charge in [0, 0.05) is 0 Å². The minimum Gasteiger partial charge on any atom is -0.405 e. The molecule has 0 N–H and O–H groups in total. The van der Waals surface area contributed by atoms with Crippen molar-refractivity contribution in [1.29, 1.82) is 0 Å². The van der Waals surface area contributed by atoms with E-state index in [1.54, 1.807) is 18.2 Å². The molecule has 0 amide bonds. The third-order valence-electron chi connectivity index (χ3n) is 1.21. The van der Waals surface area contributed by atoms with Crippen LogP contribution in [0.5, 0.6) is 5.75 Å². The summed E-state index contributed by atoms with van der Waals surface area (Å²) in [6.45, 7) is 0. The van der Waals surface area contributed by atoms with Crippen LogP contribution in [0.1, 0.15) is 0 Å². The lowest BCUT2D eigenvalue weighted by atomic mass is 10.3. The molecule has 1 rings (SSSR count). The quantitative estimate of drug-likeness (QED) is 0.455. The molecule has 0 fully saturated rings. The van der Waals surface area contributed by atoms with Crippen molar-refractivity contribution in [3.8, 4) is 5.75 Å². The van der Waals surface area contributed by atoms with Crippen LogP contribution in [0.4, 0.5) is 0 Å². The van der Waals surface area contributed by atoms with E-state index < -0.39 is 12.9 Å². The van der Waals surface area contributed by atoms with E-state index in [-0.39, 0.29) is 5.75 Å². The van der Waals surface area contributed by atoms with Crippen LogP contribution in [-0.2, 0) is 13.3 Å². The lowest BCUT2D eigenvalue weighted by Crippen LogP contribution is -2.03. The van der Waals surface area contributed by atoms with Crippen molar-refractivity contribution in [3.63, 3.8) is 0 Å². The summed E-state index contributed by atoms with van der Waals surface area (Å²) >= 11 is 4.79. The Morgan fingerprint density at radius 1 is 1.33 bits per heavy atom. The van der Waals surface area contributed by atoms with Gasteiger partial charge in [-0.05, 0) is 12.1 Å². The molecule has 1 atom stereocenters. The van der Waals surface area contributed by atoms with Crippen molar-refractivity contribution >= 4 is 19.7 Å². The maximum atomic E-state index is 11.3. The first-order valence-corrected chi connectivity index (χ1v) is 5.32. The lowest BCUT2D eigenvalue weighted by Gasteiger charge is -2.11. The normalized spacial score (nSPS) is 13.9. The van der Waals surface area contributed by atoms with E-state index >= 15 is 0 Å². The molecule has 1 aromatic carbocycles. The Kier molecular flexibility index (Phi) is 3.90. The van der Waals surface area contributed by atoms with E-state index in [1.807, 2.05) is 0 Å². The van der Waals surface area contributed by atoms with Gasteiger partial charge >= 0.3 is 12.9 Å². The largest absolute Gasteiger partial charge is 0.576 e. The van der Waals surface area contributed by atoms with Crippen LogP contribution in [0, 0.1) is 10.1 Å². The molecule has 0 saturated heterocycles. The average molecular weight is 254 g/mol. The van der Waals surface area contributed by atoms with Gasteiger partial charge in [0.05, 0.1) is 11.9 Å². The molecule has 0 radical (unpaired) electrons. The summed E-state index contributed by atoms with van der Waals surface area (Å²) in [6.07, 6.45) is 0. The van der Waals surface area contributed by atoms with Gasteiger partial charge in [-0.25, -0.2) is 4.57 Å². The molecule has 0 saturated carbocycles. The first-order chi connectivity index (χ1) is 7.06.